The van der Waals surface area contributed by atoms with Gasteiger partial charge in [0.1, 0.15) is 12.4 Å². The number of nitrogens with zero attached hydrogens (tertiary/aromatic N) is 2. The molecule has 36 heavy (non-hydrogen) atoms. The first-order chi connectivity index (χ1) is 17.7. The van der Waals surface area contributed by atoms with Gasteiger partial charge in [-0.05, 0) is 48.4 Å². The molecule has 3 N–H and O–H groups in total. The molecule has 2 amide bonds. The van der Waals surface area contributed by atoms with Gasteiger partial charge in [-0.25, -0.2) is 0 Å². The molecule has 0 saturated heterocycles. The summed E-state index contributed by atoms with van der Waals surface area (Å²) < 4.78 is 5.65. The first kappa shape index (κ1) is 23.3. The molecule has 0 fully saturated rings. The smallest absolute Gasteiger partial charge is 0.286 e. The third-order valence-corrected chi connectivity index (χ3v) is 6.40. The number of anilines is 1. The lowest BCUT2D eigenvalue weighted by atomic mass is 10.1. The van der Waals surface area contributed by atoms with Crippen LogP contribution in [0.3, 0.4) is 0 Å². The zero-order valence-corrected chi connectivity index (χ0v) is 20.0. The van der Waals surface area contributed by atoms with Gasteiger partial charge in [-0.2, -0.15) is 0 Å². The Balaban J connectivity index is 1.14. The minimum absolute atomic E-state index is 0.206. The van der Waals surface area contributed by atoms with Crippen molar-refractivity contribution in [3.05, 3.63) is 106 Å². The third kappa shape index (κ3) is 5.59. The molecule has 0 aliphatic heterocycles. The molecule has 0 bridgehead atoms. The third-order valence-electron chi connectivity index (χ3n) is 5.50. The van der Waals surface area contributed by atoms with Crippen LogP contribution in [0.1, 0.15) is 30.7 Å². The molecule has 0 radical (unpaired) electrons. The molecular weight excluding hydrogens is 474 g/mol. The molecule has 0 unspecified atom stereocenters. The summed E-state index contributed by atoms with van der Waals surface area (Å²) in [5, 5.41) is 15.7. The minimum Gasteiger partial charge on any atom is -0.486 e. The molecule has 5 rings (SSSR count). The summed E-state index contributed by atoms with van der Waals surface area (Å²) >= 11 is 1.16. The first-order valence-corrected chi connectivity index (χ1v) is 12.2. The summed E-state index contributed by atoms with van der Waals surface area (Å²) in [7, 11) is 0. The van der Waals surface area contributed by atoms with Gasteiger partial charge in [0.2, 0.25) is 5.01 Å². The number of carbonyl (C=O) groups is 2. The molecule has 2 aromatic heterocycles. The summed E-state index contributed by atoms with van der Waals surface area (Å²) in [6.07, 6.45) is 2.68. The van der Waals surface area contributed by atoms with Gasteiger partial charge < -0.3 is 20.4 Å². The quantitative estimate of drug-likeness (QED) is 0.270. The van der Waals surface area contributed by atoms with Crippen LogP contribution in [0, 0.1) is 0 Å². The topological polar surface area (TPSA) is 109 Å². The second-order valence-electron chi connectivity index (χ2n) is 8.00. The van der Waals surface area contributed by atoms with E-state index in [2.05, 4.69) is 31.9 Å². The van der Waals surface area contributed by atoms with Crippen LogP contribution in [-0.2, 0) is 13.0 Å². The lowest BCUT2D eigenvalue weighted by molar-refractivity contribution is 0.0952. The second-order valence-corrected chi connectivity index (χ2v) is 9.07. The van der Waals surface area contributed by atoms with E-state index < -0.39 is 5.91 Å². The molecule has 8 nitrogen and oxygen atoms in total. The summed E-state index contributed by atoms with van der Waals surface area (Å²) in [4.78, 5) is 28.6. The largest absolute Gasteiger partial charge is 0.486 e. The van der Waals surface area contributed by atoms with Crippen LogP contribution in [0.15, 0.2) is 85.1 Å². The molecule has 3 aromatic carbocycles. The number of aromatic nitrogens is 3. The Bertz CT molecular complexity index is 1500. The maximum atomic E-state index is 12.7. The van der Waals surface area contributed by atoms with E-state index in [0.29, 0.717) is 29.2 Å². The number of amides is 2. The zero-order valence-electron chi connectivity index (χ0n) is 19.2. The Labute approximate surface area is 211 Å². The molecule has 0 saturated carbocycles. The molecule has 0 atom stereocenters. The van der Waals surface area contributed by atoms with Crippen LogP contribution in [0.4, 0.5) is 5.69 Å². The van der Waals surface area contributed by atoms with Crippen molar-refractivity contribution in [3.63, 3.8) is 0 Å². The highest BCUT2D eigenvalue weighted by molar-refractivity contribution is 7.13. The van der Waals surface area contributed by atoms with Crippen LogP contribution in [0.25, 0.3) is 10.9 Å². The standard InChI is InChI=1S/C27H23N5O3S/c33-25(28-14-13-19-16-29-23-12-5-4-11-22(19)23)18-7-6-8-20(15-18)30-26(34)27-32-31-24(36-27)17-35-21-9-2-1-3-10-21/h1-12,15-16,29H,13-14,17H2,(H,28,33)(H,30,34). The molecule has 0 spiro atoms. The van der Waals surface area contributed by atoms with E-state index in [-0.39, 0.29) is 17.5 Å². The van der Waals surface area contributed by atoms with Gasteiger partial charge >= 0.3 is 0 Å². The van der Waals surface area contributed by atoms with E-state index in [1.165, 1.54) is 0 Å². The van der Waals surface area contributed by atoms with Crippen LogP contribution in [0.2, 0.25) is 0 Å². The fourth-order valence-corrected chi connectivity index (χ4v) is 4.39. The Morgan fingerprint density at radius 2 is 1.75 bits per heavy atom. The Hall–Kier alpha value is -4.50. The summed E-state index contributed by atoms with van der Waals surface area (Å²) in [6, 6.07) is 24.2. The van der Waals surface area contributed by atoms with Crippen molar-refractivity contribution >= 4 is 39.7 Å². The molecule has 0 aliphatic carbocycles. The molecule has 5 aromatic rings. The summed E-state index contributed by atoms with van der Waals surface area (Å²) in [6.45, 7) is 0.721. The number of aromatic amines is 1. The number of hydrogen-bond acceptors (Lipinski definition) is 6. The summed E-state index contributed by atoms with van der Waals surface area (Å²) in [5.74, 6) is 0.118. The zero-order chi connectivity index (χ0) is 24.7. The average molecular weight is 498 g/mol. The molecular formula is C27H23N5O3S. The molecule has 9 heteroatoms. The number of fused-ring (bicyclic) bond motifs is 1. The number of ether oxygens (including phenoxy) is 1. The monoisotopic (exact) mass is 497 g/mol. The van der Waals surface area contributed by atoms with Crippen molar-refractivity contribution in [1.29, 1.82) is 0 Å². The van der Waals surface area contributed by atoms with Crippen LogP contribution >= 0.6 is 11.3 Å². The van der Waals surface area contributed by atoms with Crippen molar-refractivity contribution in [1.82, 2.24) is 20.5 Å². The van der Waals surface area contributed by atoms with Gasteiger partial charge in [-0.15, -0.1) is 10.2 Å². The van der Waals surface area contributed by atoms with E-state index in [1.807, 2.05) is 54.7 Å². The highest BCUT2D eigenvalue weighted by Gasteiger charge is 2.15. The van der Waals surface area contributed by atoms with Crippen molar-refractivity contribution in [2.45, 2.75) is 13.0 Å². The maximum absolute atomic E-state index is 12.7. The number of hydrogen-bond donors (Lipinski definition) is 3. The van der Waals surface area contributed by atoms with Crippen LogP contribution < -0.4 is 15.4 Å². The van der Waals surface area contributed by atoms with Gasteiger partial charge in [0, 0.05) is 34.9 Å². The predicted molar refractivity (Wildman–Crippen MR) is 139 cm³/mol. The number of para-hydroxylation sites is 2. The van der Waals surface area contributed by atoms with Crippen molar-refractivity contribution in [2.24, 2.45) is 0 Å². The number of H-pyrrole nitrogens is 1. The number of rotatable bonds is 9. The van der Waals surface area contributed by atoms with Crippen molar-refractivity contribution in [2.75, 3.05) is 11.9 Å². The van der Waals surface area contributed by atoms with Crippen molar-refractivity contribution in [3.8, 4) is 5.75 Å². The van der Waals surface area contributed by atoms with Gasteiger partial charge in [0.15, 0.2) is 5.01 Å². The Morgan fingerprint density at radius 3 is 2.64 bits per heavy atom. The molecule has 180 valence electrons. The SMILES string of the molecule is O=C(NCCc1c[nH]c2ccccc12)c1cccc(NC(=O)c2nnc(COc3ccccc3)s2)c1. The fraction of sp³-hybridized carbons (Fsp3) is 0.111. The van der Waals surface area contributed by atoms with Gasteiger partial charge in [-0.1, -0.05) is 53.8 Å². The molecule has 2 heterocycles. The van der Waals surface area contributed by atoms with Crippen LogP contribution in [-0.4, -0.2) is 33.5 Å². The summed E-state index contributed by atoms with van der Waals surface area (Å²) in [5.41, 5.74) is 3.19. The van der Waals surface area contributed by atoms with Gasteiger partial charge in [0.25, 0.3) is 11.8 Å². The minimum atomic E-state index is -0.393. The van der Waals surface area contributed by atoms with E-state index in [0.717, 1.165) is 33.6 Å². The highest BCUT2D eigenvalue weighted by atomic mass is 32.1. The number of nitrogens with one attached hydrogen (secondary N) is 3. The van der Waals surface area contributed by atoms with Gasteiger partial charge in [-0.3, -0.25) is 9.59 Å². The Morgan fingerprint density at radius 1 is 0.917 bits per heavy atom. The van der Waals surface area contributed by atoms with E-state index >= 15 is 0 Å². The first-order valence-electron chi connectivity index (χ1n) is 11.4. The fourth-order valence-electron chi connectivity index (χ4n) is 3.74. The lowest BCUT2D eigenvalue weighted by Crippen LogP contribution is -2.25. The predicted octanol–water partition coefficient (Wildman–Crippen LogP) is 4.82. The highest BCUT2D eigenvalue weighted by Crippen LogP contribution is 2.19. The van der Waals surface area contributed by atoms with E-state index in [1.54, 1.807) is 24.3 Å². The number of benzene rings is 3. The maximum Gasteiger partial charge on any atom is 0.286 e. The average Bonchev–Trinajstić information content (AvgIpc) is 3.56. The second kappa shape index (κ2) is 10.8. The Kier molecular flexibility index (Phi) is 7.00. The molecule has 0 aliphatic rings. The van der Waals surface area contributed by atoms with Gasteiger partial charge in [0.05, 0.1) is 0 Å². The van der Waals surface area contributed by atoms with E-state index in [9.17, 15) is 9.59 Å². The number of carbonyl (C=O) groups excluding carboxylic acids is 2. The van der Waals surface area contributed by atoms with Crippen molar-refractivity contribution < 1.29 is 14.3 Å². The normalized spacial score (nSPS) is 10.8. The van der Waals surface area contributed by atoms with Crippen LogP contribution in [0.5, 0.6) is 5.75 Å². The van der Waals surface area contributed by atoms with E-state index in [4.69, 9.17) is 4.74 Å². The lowest BCUT2D eigenvalue weighted by Gasteiger charge is -2.08.